The average Bonchev–Trinajstić information content (AvgIpc) is 2.91. The molecule has 0 aliphatic carbocycles. The number of carbonyl (C=O) groups is 1. The zero-order chi connectivity index (χ0) is 21.3. The van der Waals surface area contributed by atoms with Crippen molar-refractivity contribution in [3.05, 3.63) is 70.0 Å². The van der Waals surface area contributed by atoms with Gasteiger partial charge in [0.2, 0.25) is 0 Å². The molecule has 4 rings (SSSR count). The molecule has 156 valence electrons. The quantitative estimate of drug-likeness (QED) is 0.614. The van der Waals surface area contributed by atoms with E-state index in [1.54, 1.807) is 24.1 Å². The van der Waals surface area contributed by atoms with Crippen LogP contribution in [0.2, 0.25) is 5.02 Å². The molecule has 1 aromatic heterocycles. The van der Waals surface area contributed by atoms with Gasteiger partial charge >= 0.3 is 0 Å². The Hall–Kier alpha value is -2.99. The second-order valence-corrected chi connectivity index (χ2v) is 7.80. The van der Waals surface area contributed by atoms with Crippen LogP contribution < -0.4 is 9.47 Å². The van der Waals surface area contributed by atoms with E-state index in [0.29, 0.717) is 41.8 Å². The molecule has 0 N–H and O–H groups in total. The van der Waals surface area contributed by atoms with Crippen molar-refractivity contribution in [3.8, 4) is 17.2 Å². The molecule has 0 atom stereocenters. The highest BCUT2D eigenvalue weighted by atomic mass is 35.5. The minimum atomic E-state index is -0.140. The highest BCUT2D eigenvalue weighted by molar-refractivity contribution is 6.32. The van der Waals surface area contributed by atoms with E-state index in [4.69, 9.17) is 21.1 Å². The van der Waals surface area contributed by atoms with Gasteiger partial charge in [0.25, 0.3) is 5.91 Å². The molecule has 0 saturated carbocycles. The Morgan fingerprint density at radius 1 is 1.17 bits per heavy atom. The first-order valence-electron chi connectivity index (χ1n) is 9.91. The third kappa shape index (κ3) is 3.87. The predicted octanol–water partition coefficient (Wildman–Crippen LogP) is 4.58. The van der Waals surface area contributed by atoms with Crippen LogP contribution in [0, 0.1) is 13.8 Å². The number of nitrogens with zero attached hydrogens (tertiary/aromatic N) is 3. The van der Waals surface area contributed by atoms with Crippen LogP contribution in [0.5, 0.6) is 11.5 Å². The first-order valence-corrected chi connectivity index (χ1v) is 10.3. The zero-order valence-electron chi connectivity index (χ0n) is 17.3. The number of amides is 1. The molecular weight excluding hydrogens is 402 g/mol. The molecule has 1 amide bonds. The summed E-state index contributed by atoms with van der Waals surface area (Å²) in [5.74, 6) is 0.879. The number of rotatable bonds is 4. The molecule has 6 nitrogen and oxygen atoms in total. The van der Waals surface area contributed by atoms with E-state index in [2.05, 4.69) is 5.10 Å². The number of aromatic nitrogens is 2. The standard InChI is InChI=1S/C23H24ClN3O3/c1-15-19(16(2)27(25-15)18-8-5-4-6-9-18)14-26(3)23(28)17-12-20(24)22-21(13-17)29-10-7-11-30-22/h4-6,8-9,12-13H,7,10-11,14H2,1-3H3. The van der Waals surface area contributed by atoms with Crippen molar-refractivity contribution in [2.24, 2.45) is 0 Å². The van der Waals surface area contributed by atoms with Crippen LogP contribution in [0.4, 0.5) is 0 Å². The second kappa shape index (κ2) is 8.40. The van der Waals surface area contributed by atoms with Gasteiger partial charge in [-0.15, -0.1) is 0 Å². The van der Waals surface area contributed by atoms with Gasteiger partial charge < -0.3 is 14.4 Å². The molecule has 0 radical (unpaired) electrons. The second-order valence-electron chi connectivity index (χ2n) is 7.39. The monoisotopic (exact) mass is 425 g/mol. The summed E-state index contributed by atoms with van der Waals surface area (Å²) in [7, 11) is 1.78. The van der Waals surface area contributed by atoms with E-state index in [-0.39, 0.29) is 5.91 Å². The van der Waals surface area contributed by atoms with E-state index < -0.39 is 0 Å². The van der Waals surface area contributed by atoms with Gasteiger partial charge in [0.05, 0.1) is 29.6 Å². The lowest BCUT2D eigenvalue weighted by Gasteiger charge is -2.19. The fourth-order valence-corrected chi connectivity index (χ4v) is 3.87. The third-order valence-electron chi connectivity index (χ3n) is 5.23. The topological polar surface area (TPSA) is 56.6 Å². The van der Waals surface area contributed by atoms with Crippen molar-refractivity contribution in [2.75, 3.05) is 20.3 Å². The van der Waals surface area contributed by atoms with Crippen LogP contribution >= 0.6 is 11.6 Å². The fourth-order valence-electron chi connectivity index (χ4n) is 3.61. The van der Waals surface area contributed by atoms with Gasteiger partial charge in [0.15, 0.2) is 11.5 Å². The summed E-state index contributed by atoms with van der Waals surface area (Å²) in [4.78, 5) is 14.8. The molecule has 3 aromatic rings. The number of ether oxygens (including phenoxy) is 2. The lowest BCUT2D eigenvalue weighted by atomic mass is 10.1. The molecule has 30 heavy (non-hydrogen) atoms. The summed E-state index contributed by atoms with van der Waals surface area (Å²) in [5.41, 5.74) is 4.39. The summed E-state index contributed by atoms with van der Waals surface area (Å²) >= 11 is 6.36. The van der Waals surface area contributed by atoms with Crippen molar-refractivity contribution < 1.29 is 14.3 Å². The van der Waals surface area contributed by atoms with Gasteiger partial charge in [-0.1, -0.05) is 29.8 Å². The first-order chi connectivity index (χ1) is 14.5. The molecule has 7 heteroatoms. The fraction of sp³-hybridized carbons (Fsp3) is 0.304. The zero-order valence-corrected chi connectivity index (χ0v) is 18.1. The van der Waals surface area contributed by atoms with Gasteiger partial charge in [-0.3, -0.25) is 4.79 Å². The maximum atomic E-state index is 13.1. The molecule has 0 bridgehead atoms. The van der Waals surface area contributed by atoms with Crippen molar-refractivity contribution in [2.45, 2.75) is 26.8 Å². The number of halogens is 1. The Labute approximate surface area is 181 Å². The molecule has 2 aromatic carbocycles. The SMILES string of the molecule is Cc1nn(-c2ccccc2)c(C)c1CN(C)C(=O)c1cc(Cl)c2c(c1)OCCCO2. The van der Waals surface area contributed by atoms with Gasteiger partial charge in [-0.2, -0.15) is 5.10 Å². The van der Waals surface area contributed by atoms with Crippen LogP contribution in [0.15, 0.2) is 42.5 Å². The minimum Gasteiger partial charge on any atom is -0.489 e. The van der Waals surface area contributed by atoms with Gasteiger partial charge in [0, 0.05) is 36.8 Å². The predicted molar refractivity (Wildman–Crippen MR) is 116 cm³/mol. The average molecular weight is 426 g/mol. The summed E-state index contributed by atoms with van der Waals surface area (Å²) in [6, 6.07) is 13.3. The lowest BCUT2D eigenvalue weighted by molar-refractivity contribution is 0.0784. The van der Waals surface area contributed by atoms with Gasteiger partial charge in [-0.25, -0.2) is 4.68 Å². The van der Waals surface area contributed by atoms with E-state index in [9.17, 15) is 4.79 Å². The molecule has 1 aliphatic heterocycles. The Balaban J connectivity index is 1.58. The number of benzene rings is 2. The molecule has 0 unspecified atom stereocenters. The third-order valence-corrected chi connectivity index (χ3v) is 5.51. The van der Waals surface area contributed by atoms with Crippen LogP contribution in [0.3, 0.4) is 0 Å². The van der Waals surface area contributed by atoms with Crippen molar-refractivity contribution in [3.63, 3.8) is 0 Å². The van der Waals surface area contributed by atoms with Crippen LogP contribution in [-0.4, -0.2) is 40.8 Å². The van der Waals surface area contributed by atoms with Crippen molar-refractivity contribution in [1.82, 2.24) is 14.7 Å². The maximum Gasteiger partial charge on any atom is 0.254 e. The highest BCUT2D eigenvalue weighted by Gasteiger charge is 2.22. The molecule has 0 spiro atoms. The molecule has 0 saturated heterocycles. The number of fused-ring (bicyclic) bond motifs is 1. The van der Waals surface area contributed by atoms with Gasteiger partial charge in [0.1, 0.15) is 0 Å². The first kappa shape index (κ1) is 20.3. The van der Waals surface area contributed by atoms with E-state index in [1.807, 2.05) is 48.9 Å². The van der Waals surface area contributed by atoms with E-state index in [0.717, 1.165) is 29.1 Å². The minimum absolute atomic E-state index is 0.140. The number of aryl methyl sites for hydroxylation is 1. The number of para-hydroxylation sites is 1. The van der Waals surface area contributed by atoms with Crippen LogP contribution in [0.25, 0.3) is 5.69 Å². The Bertz CT molecular complexity index is 1080. The summed E-state index contributed by atoms with van der Waals surface area (Å²) < 4.78 is 13.3. The molecule has 1 aliphatic rings. The summed E-state index contributed by atoms with van der Waals surface area (Å²) in [6.07, 6.45) is 0.776. The van der Waals surface area contributed by atoms with Gasteiger partial charge in [-0.05, 0) is 38.1 Å². The molecular formula is C23H24ClN3O3. The normalized spacial score (nSPS) is 13.1. The van der Waals surface area contributed by atoms with E-state index >= 15 is 0 Å². The van der Waals surface area contributed by atoms with Crippen LogP contribution in [-0.2, 0) is 6.54 Å². The Kier molecular flexibility index (Phi) is 5.68. The summed E-state index contributed by atoms with van der Waals surface area (Å²) in [5, 5.41) is 5.05. The Morgan fingerprint density at radius 2 is 1.90 bits per heavy atom. The number of hydrogen-bond acceptors (Lipinski definition) is 4. The summed E-state index contributed by atoms with van der Waals surface area (Å²) in [6.45, 7) is 5.50. The highest BCUT2D eigenvalue weighted by Crippen LogP contribution is 2.38. The molecule has 2 heterocycles. The number of hydrogen-bond donors (Lipinski definition) is 0. The largest absolute Gasteiger partial charge is 0.489 e. The van der Waals surface area contributed by atoms with Crippen LogP contribution in [0.1, 0.15) is 33.7 Å². The lowest BCUT2D eigenvalue weighted by Crippen LogP contribution is -2.26. The Morgan fingerprint density at radius 3 is 2.67 bits per heavy atom. The molecule has 0 fully saturated rings. The number of carbonyl (C=O) groups excluding carboxylic acids is 1. The van der Waals surface area contributed by atoms with Crippen molar-refractivity contribution in [1.29, 1.82) is 0 Å². The maximum absolute atomic E-state index is 13.1. The van der Waals surface area contributed by atoms with Crippen molar-refractivity contribution >= 4 is 17.5 Å². The van der Waals surface area contributed by atoms with E-state index in [1.165, 1.54) is 0 Å². The smallest absolute Gasteiger partial charge is 0.254 e.